The van der Waals surface area contributed by atoms with Crippen LogP contribution in [0.25, 0.3) is 0 Å². The molecule has 0 aliphatic carbocycles. The van der Waals surface area contributed by atoms with Crippen LogP contribution < -0.4 is 5.73 Å². The van der Waals surface area contributed by atoms with Crippen LogP contribution >= 0.6 is 0 Å². The van der Waals surface area contributed by atoms with Gasteiger partial charge in [0.15, 0.2) is 0 Å². The topological polar surface area (TPSA) is 32.5 Å². The van der Waals surface area contributed by atoms with E-state index >= 15 is 0 Å². The fourth-order valence-corrected chi connectivity index (χ4v) is 2.11. The fraction of sp³-hybridized carbons (Fsp3) is 1.00. The highest BCUT2D eigenvalue weighted by Gasteiger charge is 2.24. The van der Waals surface area contributed by atoms with Crippen LogP contribution in [0.3, 0.4) is 0 Å². The van der Waals surface area contributed by atoms with Crippen molar-refractivity contribution in [2.24, 2.45) is 5.73 Å². The van der Waals surface area contributed by atoms with Crippen LogP contribution in [0.1, 0.15) is 26.7 Å². The summed E-state index contributed by atoms with van der Waals surface area (Å²) >= 11 is 0. The first kappa shape index (κ1) is 12.0. The number of rotatable bonds is 5. The van der Waals surface area contributed by atoms with Crippen LogP contribution in [0.5, 0.6) is 0 Å². The molecule has 0 aromatic carbocycles. The molecule has 0 bridgehead atoms. The molecule has 1 heterocycles. The smallest absolute Gasteiger partial charge is 0.0224 e. The Labute approximate surface area is 88.2 Å². The summed E-state index contributed by atoms with van der Waals surface area (Å²) in [5.41, 5.74) is 5.61. The maximum absolute atomic E-state index is 5.61. The molecule has 0 saturated carbocycles. The third kappa shape index (κ3) is 3.23. The quantitative estimate of drug-likeness (QED) is 0.709. The summed E-state index contributed by atoms with van der Waals surface area (Å²) in [5.74, 6) is 0. The van der Waals surface area contributed by atoms with Gasteiger partial charge in [-0.05, 0) is 40.3 Å². The van der Waals surface area contributed by atoms with Gasteiger partial charge in [0.05, 0.1) is 0 Å². The Hall–Kier alpha value is -0.120. The largest absolute Gasteiger partial charge is 0.329 e. The summed E-state index contributed by atoms with van der Waals surface area (Å²) in [6.45, 7) is 8.80. The number of nitrogens with two attached hydrogens (primary N) is 1. The Balaban J connectivity index is 2.35. The van der Waals surface area contributed by atoms with Crippen LogP contribution in [0, 0.1) is 0 Å². The average Bonchev–Trinajstić information content (AvgIpc) is 2.53. The van der Waals surface area contributed by atoms with Gasteiger partial charge in [0, 0.05) is 31.7 Å². The normalized spacial score (nSPS) is 24.0. The van der Waals surface area contributed by atoms with Crippen molar-refractivity contribution in [3.63, 3.8) is 0 Å². The second kappa shape index (κ2) is 5.69. The van der Waals surface area contributed by atoms with Crippen molar-refractivity contribution in [2.45, 2.75) is 38.8 Å². The summed E-state index contributed by atoms with van der Waals surface area (Å²) in [4.78, 5) is 4.97. The van der Waals surface area contributed by atoms with Gasteiger partial charge in [-0.1, -0.05) is 0 Å². The number of hydrogen-bond donors (Lipinski definition) is 1. The predicted octanol–water partition coefficient (Wildman–Crippen LogP) is 0.750. The van der Waals surface area contributed by atoms with E-state index in [0.717, 1.165) is 19.1 Å². The molecular formula is C11H25N3. The fourth-order valence-electron chi connectivity index (χ4n) is 2.11. The van der Waals surface area contributed by atoms with E-state index in [4.69, 9.17) is 5.73 Å². The summed E-state index contributed by atoms with van der Waals surface area (Å²) in [6.07, 6.45) is 2.69. The third-order valence-electron chi connectivity index (χ3n) is 3.30. The van der Waals surface area contributed by atoms with Crippen molar-refractivity contribution in [1.29, 1.82) is 0 Å². The molecule has 0 radical (unpaired) electrons. The van der Waals surface area contributed by atoms with Gasteiger partial charge in [-0.15, -0.1) is 0 Å². The molecule has 14 heavy (non-hydrogen) atoms. The minimum absolute atomic E-state index is 0.648. The Morgan fingerprint density at radius 1 is 1.50 bits per heavy atom. The summed E-state index contributed by atoms with van der Waals surface area (Å²) in [7, 11) is 2.21. The lowest BCUT2D eigenvalue weighted by Gasteiger charge is -2.30. The van der Waals surface area contributed by atoms with Crippen molar-refractivity contribution < 1.29 is 0 Å². The van der Waals surface area contributed by atoms with E-state index in [2.05, 4.69) is 30.7 Å². The van der Waals surface area contributed by atoms with Crippen molar-refractivity contribution >= 4 is 0 Å². The number of likely N-dealkylation sites (tertiary alicyclic amines) is 1. The zero-order valence-corrected chi connectivity index (χ0v) is 9.87. The Kier molecular flexibility index (Phi) is 4.85. The Morgan fingerprint density at radius 2 is 2.21 bits per heavy atom. The molecular weight excluding hydrogens is 174 g/mol. The van der Waals surface area contributed by atoms with Gasteiger partial charge in [-0.25, -0.2) is 0 Å². The zero-order chi connectivity index (χ0) is 10.6. The number of hydrogen-bond acceptors (Lipinski definition) is 3. The van der Waals surface area contributed by atoms with Crippen LogP contribution in [0.15, 0.2) is 0 Å². The van der Waals surface area contributed by atoms with Crippen molar-refractivity contribution in [3.05, 3.63) is 0 Å². The second-order valence-corrected chi connectivity index (χ2v) is 4.65. The molecule has 1 saturated heterocycles. The minimum Gasteiger partial charge on any atom is -0.329 e. The molecule has 0 spiro atoms. The Morgan fingerprint density at radius 3 is 2.79 bits per heavy atom. The average molecular weight is 199 g/mol. The van der Waals surface area contributed by atoms with E-state index in [0.29, 0.717) is 6.04 Å². The van der Waals surface area contributed by atoms with Crippen molar-refractivity contribution in [2.75, 3.05) is 33.2 Å². The molecule has 1 fully saturated rings. The predicted molar refractivity (Wildman–Crippen MR) is 61.4 cm³/mol. The lowest BCUT2D eigenvalue weighted by molar-refractivity contribution is 0.174. The van der Waals surface area contributed by atoms with E-state index in [1.165, 1.54) is 25.9 Å². The van der Waals surface area contributed by atoms with Gasteiger partial charge in [-0.3, -0.25) is 4.90 Å². The number of nitrogens with zero attached hydrogens (tertiary/aromatic N) is 2. The molecule has 3 heteroatoms. The van der Waals surface area contributed by atoms with Gasteiger partial charge >= 0.3 is 0 Å². The first-order chi connectivity index (χ1) is 6.65. The first-order valence-electron chi connectivity index (χ1n) is 5.79. The lowest BCUT2D eigenvalue weighted by Crippen LogP contribution is -2.42. The van der Waals surface area contributed by atoms with Crippen LogP contribution in [0.2, 0.25) is 0 Å². The standard InChI is InChI=1S/C11H25N3/c1-10(2)13(3)9-11-5-4-7-14(11)8-6-12/h10-11H,4-9,12H2,1-3H3/t11-/m1/s1. The molecule has 3 nitrogen and oxygen atoms in total. The monoisotopic (exact) mass is 199 g/mol. The second-order valence-electron chi connectivity index (χ2n) is 4.65. The van der Waals surface area contributed by atoms with Crippen molar-refractivity contribution in [1.82, 2.24) is 9.80 Å². The molecule has 0 unspecified atom stereocenters. The van der Waals surface area contributed by atoms with Gasteiger partial charge in [0.2, 0.25) is 0 Å². The molecule has 1 atom stereocenters. The maximum Gasteiger partial charge on any atom is 0.0224 e. The SMILES string of the molecule is CC(C)N(C)C[C@H]1CCCN1CCN. The van der Waals surface area contributed by atoms with Gasteiger partial charge in [-0.2, -0.15) is 0 Å². The van der Waals surface area contributed by atoms with Gasteiger partial charge < -0.3 is 10.6 Å². The molecule has 1 aliphatic rings. The summed E-state index contributed by atoms with van der Waals surface area (Å²) in [5, 5.41) is 0. The Bertz CT molecular complexity index is 159. The van der Waals surface area contributed by atoms with Crippen molar-refractivity contribution in [3.8, 4) is 0 Å². The van der Waals surface area contributed by atoms with Crippen LogP contribution in [0.4, 0.5) is 0 Å². The lowest BCUT2D eigenvalue weighted by atomic mass is 10.2. The van der Waals surface area contributed by atoms with Gasteiger partial charge in [0.1, 0.15) is 0 Å². The van der Waals surface area contributed by atoms with E-state index < -0.39 is 0 Å². The summed E-state index contributed by atoms with van der Waals surface area (Å²) in [6, 6.07) is 1.39. The highest BCUT2D eigenvalue weighted by molar-refractivity contribution is 4.82. The maximum atomic E-state index is 5.61. The summed E-state index contributed by atoms with van der Waals surface area (Å²) < 4.78 is 0. The first-order valence-corrected chi connectivity index (χ1v) is 5.79. The van der Waals surface area contributed by atoms with E-state index in [9.17, 15) is 0 Å². The highest BCUT2D eigenvalue weighted by atomic mass is 15.2. The molecule has 84 valence electrons. The molecule has 0 aromatic heterocycles. The number of likely N-dealkylation sites (N-methyl/N-ethyl adjacent to an activating group) is 1. The van der Waals surface area contributed by atoms with Crippen LogP contribution in [-0.2, 0) is 0 Å². The molecule has 1 aliphatic heterocycles. The van der Waals surface area contributed by atoms with E-state index in [-0.39, 0.29) is 0 Å². The molecule has 0 amide bonds. The zero-order valence-electron chi connectivity index (χ0n) is 9.87. The highest BCUT2D eigenvalue weighted by Crippen LogP contribution is 2.17. The van der Waals surface area contributed by atoms with Gasteiger partial charge in [0.25, 0.3) is 0 Å². The molecule has 1 rings (SSSR count). The van der Waals surface area contributed by atoms with Crippen LogP contribution in [-0.4, -0.2) is 55.1 Å². The molecule has 0 aromatic rings. The van der Waals surface area contributed by atoms with E-state index in [1.54, 1.807) is 0 Å². The minimum atomic E-state index is 0.648. The van der Waals surface area contributed by atoms with E-state index in [1.807, 2.05) is 0 Å². The third-order valence-corrected chi connectivity index (χ3v) is 3.30. The molecule has 2 N–H and O–H groups in total.